The number of urea groups is 1. The van der Waals surface area contributed by atoms with Crippen LogP contribution in [0.1, 0.15) is 42.1 Å². The number of rotatable bonds is 6. The monoisotopic (exact) mass is 396 g/mol. The average Bonchev–Trinajstić information content (AvgIpc) is 3.09. The van der Waals surface area contributed by atoms with Crippen LogP contribution in [0.25, 0.3) is 10.2 Å². The highest BCUT2D eigenvalue weighted by Gasteiger charge is 2.14. The van der Waals surface area contributed by atoms with E-state index in [0.717, 1.165) is 15.2 Å². The number of anilines is 1. The van der Waals surface area contributed by atoms with Crippen molar-refractivity contribution >= 4 is 39.2 Å². The normalized spacial score (nSPS) is 12.0. The molecule has 3 aromatic rings. The lowest BCUT2D eigenvalue weighted by atomic mass is 10.1. The van der Waals surface area contributed by atoms with Gasteiger partial charge in [0.25, 0.3) is 5.91 Å². The first-order chi connectivity index (χ1) is 13.4. The van der Waals surface area contributed by atoms with Crippen molar-refractivity contribution in [2.45, 2.75) is 32.7 Å². The Kier molecular flexibility index (Phi) is 6.26. The molecule has 0 aliphatic rings. The van der Waals surface area contributed by atoms with Crippen LogP contribution in [0.15, 0.2) is 48.5 Å². The van der Waals surface area contributed by atoms with Gasteiger partial charge < -0.3 is 16.0 Å². The van der Waals surface area contributed by atoms with Gasteiger partial charge in [-0.2, -0.15) is 0 Å². The zero-order chi connectivity index (χ0) is 20.1. The summed E-state index contributed by atoms with van der Waals surface area (Å²) in [6.07, 6.45) is 0. The highest BCUT2D eigenvalue weighted by atomic mass is 32.1. The number of benzene rings is 2. The summed E-state index contributed by atoms with van der Waals surface area (Å²) in [5.41, 5.74) is 2.06. The van der Waals surface area contributed by atoms with E-state index in [1.54, 1.807) is 35.6 Å². The summed E-state index contributed by atoms with van der Waals surface area (Å²) in [5.74, 6) is -0.0691. The van der Waals surface area contributed by atoms with E-state index in [2.05, 4.69) is 27.0 Å². The molecule has 1 unspecified atom stereocenters. The Morgan fingerprint density at radius 2 is 1.86 bits per heavy atom. The molecule has 0 aliphatic carbocycles. The Bertz CT molecular complexity index is 950. The Hall–Kier alpha value is -2.93. The highest BCUT2D eigenvalue weighted by molar-refractivity contribution is 7.18. The standard InChI is InChI=1S/C21H24N4O2S/c1-13(2)23-21(27)24-16-8-6-7-15(11-16)19(26)22-12-14(3)20-25-17-9-4-5-10-18(17)28-20/h4-11,13-14H,12H2,1-3H3,(H,22,26)(H2,23,24,27). The maximum Gasteiger partial charge on any atom is 0.319 e. The number of para-hydroxylation sites is 1. The summed E-state index contributed by atoms with van der Waals surface area (Å²) >= 11 is 1.65. The second-order valence-electron chi connectivity index (χ2n) is 6.96. The number of amides is 3. The molecule has 3 amide bonds. The predicted octanol–water partition coefficient (Wildman–Crippen LogP) is 4.36. The van der Waals surface area contributed by atoms with Gasteiger partial charge in [-0.05, 0) is 44.2 Å². The van der Waals surface area contributed by atoms with Crippen LogP contribution < -0.4 is 16.0 Å². The van der Waals surface area contributed by atoms with E-state index in [9.17, 15) is 9.59 Å². The van der Waals surface area contributed by atoms with E-state index in [4.69, 9.17) is 0 Å². The third-order valence-electron chi connectivity index (χ3n) is 4.10. The van der Waals surface area contributed by atoms with Crippen molar-refractivity contribution in [1.82, 2.24) is 15.6 Å². The first-order valence-electron chi connectivity index (χ1n) is 9.23. The minimum atomic E-state index is -0.294. The van der Waals surface area contributed by atoms with Gasteiger partial charge in [-0.3, -0.25) is 4.79 Å². The molecule has 0 bridgehead atoms. The maximum absolute atomic E-state index is 12.5. The Labute approximate surface area is 168 Å². The first kappa shape index (κ1) is 19.8. The van der Waals surface area contributed by atoms with Crippen molar-refractivity contribution in [3.05, 3.63) is 59.1 Å². The lowest BCUT2D eigenvalue weighted by molar-refractivity contribution is 0.0951. The topological polar surface area (TPSA) is 83.1 Å². The van der Waals surface area contributed by atoms with Crippen LogP contribution in [0.3, 0.4) is 0 Å². The second kappa shape index (κ2) is 8.84. The summed E-state index contributed by atoms with van der Waals surface area (Å²) in [4.78, 5) is 29.0. The largest absolute Gasteiger partial charge is 0.351 e. The van der Waals surface area contributed by atoms with E-state index in [-0.39, 0.29) is 23.9 Å². The third kappa shape index (κ3) is 5.07. The van der Waals surface area contributed by atoms with Gasteiger partial charge in [0.1, 0.15) is 0 Å². The molecule has 2 aromatic carbocycles. The molecule has 1 aromatic heterocycles. The molecule has 3 rings (SSSR count). The molecule has 3 N–H and O–H groups in total. The maximum atomic E-state index is 12.5. The lowest BCUT2D eigenvalue weighted by Crippen LogP contribution is -2.34. The van der Waals surface area contributed by atoms with E-state index >= 15 is 0 Å². The molecular weight excluding hydrogens is 372 g/mol. The molecular formula is C21H24N4O2S. The SMILES string of the molecule is CC(C)NC(=O)Nc1cccc(C(=O)NCC(C)c2nc3ccccc3s2)c1. The number of nitrogens with zero attached hydrogens (tertiary/aromatic N) is 1. The molecule has 28 heavy (non-hydrogen) atoms. The predicted molar refractivity (Wildman–Crippen MR) is 114 cm³/mol. The van der Waals surface area contributed by atoms with Gasteiger partial charge in [0.15, 0.2) is 0 Å². The van der Waals surface area contributed by atoms with Crippen molar-refractivity contribution in [2.75, 3.05) is 11.9 Å². The Morgan fingerprint density at radius 3 is 2.61 bits per heavy atom. The summed E-state index contributed by atoms with van der Waals surface area (Å²) < 4.78 is 1.15. The van der Waals surface area contributed by atoms with Crippen LogP contribution in [0.4, 0.5) is 10.5 Å². The quantitative estimate of drug-likeness (QED) is 0.579. The molecule has 6 nitrogen and oxygen atoms in total. The van der Waals surface area contributed by atoms with Crippen molar-refractivity contribution in [3.63, 3.8) is 0 Å². The molecule has 0 spiro atoms. The average molecular weight is 397 g/mol. The smallest absolute Gasteiger partial charge is 0.319 e. The van der Waals surface area contributed by atoms with Gasteiger partial charge in [0.05, 0.1) is 15.2 Å². The number of hydrogen-bond acceptors (Lipinski definition) is 4. The van der Waals surface area contributed by atoms with Crippen LogP contribution >= 0.6 is 11.3 Å². The fourth-order valence-electron chi connectivity index (χ4n) is 2.70. The number of nitrogens with one attached hydrogen (secondary N) is 3. The summed E-state index contributed by atoms with van der Waals surface area (Å²) in [6.45, 7) is 6.31. The van der Waals surface area contributed by atoms with Crippen LogP contribution in [0.2, 0.25) is 0 Å². The van der Waals surface area contributed by atoms with E-state index in [1.165, 1.54) is 0 Å². The molecule has 1 atom stereocenters. The number of aromatic nitrogens is 1. The highest BCUT2D eigenvalue weighted by Crippen LogP contribution is 2.26. The molecule has 146 valence electrons. The molecule has 1 heterocycles. The van der Waals surface area contributed by atoms with Gasteiger partial charge >= 0.3 is 6.03 Å². The van der Waals surface area contributed by atoms with E-state index in [1.807, 2.05) is 39.0 Å². The Balaban J connectivity index is 1.59. The van der Waals surface area contributed by atoms with Gasteiger partial charge in [-0.1, -0.05) is 25.1 Å². The minimum absolute atomic E-state index is 0.0375. The van der Waals surface area contributed by atoms with Crippen molar-refractivity contribution in [2.24, 2.45) is 0 Å². The number of thiazole rings is 1. The molecule has 0 fully saturated rings. The zero-order valence-corrected chi connectivity index (χ0v) is 17.0. The number of carbonyl (C=O) groups excluding carboxylic acids is 2. The van der Waals surface area contributed by atoms with Gasteiger partial charge in [0.2, 0.25) is 0 Å². The summed E-state index contributed by atoms with van der Waals surface area (Å²) in [5, 5.41) is 9.44. The van der Waals surface area contributed by atoms with Crippen molar-refractivity contribution in [1.29, 1.82) is 0 Å². The molecule has 0 saturated carbocycles. The first-order valence-corrected chi connectivity index (χ1v) is 10.1. The molecule has 0 radical (unpaired) electrons. The number of carbonyl (C=O) groups is 2. The molecule has 7 heteroatoms. The summed E-state index contributed by atoms with van der Waals surface area (Å²) in [7, 11) is 0. The van der Waals surface area contributed by atoms with E-state index < -0.39 is 0 Å². The van der Waals surface area contributed by atoms with Crippen LogP contribution in [0.5, 0.6) is 0 Å². The third-order valence-corrected chi connectivity index (χ3v) is 5.37. The van der Waals surface area contributed by atoms with Gasteiger partial charge in [-0.15, -0.1) is 11.3 Å². The van der Waals surface area contributed by atoms with Crippen molar-refractivity contribution in [3.8, 4) is 0 Å². The minimum Gasteiger partial charge on any atom is -0.351 e. The molecule has 0 aliphatic heterocycles. The summed E-state index contributed by atoms with van der Waals surface area (Å²) in [6, 6.07) is 14.6. The second-order valence-corrected chi connectivity index (χ2v) is 8.03. The van der Waals surface area contributed by atoms with Gasteiger partial charge in [-0.25, -0.2) is 9.78 Å². The fourth-order valence-corrected chi connectivity index (χ4v) is 3.72. The van der Waals surface area contributed by atoms with Crippen LogP contribution in [-0.2, 0) is 0 Å². The molecule has 0 saturated heterocycles. The van der Waals surface area contributed by atoms with E-state index in [0.29, 0.717) is 17.8 Å². The number of hydrogen-bond donors (Lipinski definition) is 3. The van der Waals surface area contributed by atoms with Gasteiger partial charge in [0, 0.05) is 29.8 Å². The van der Waals surface area contributed by atoms with Crippen molar-refractivity contribution < 1.29 is 9.59 Å². The lowest BCUT2D eigenvalue weighted by Gasteiger charge is -2.12. The van der Waals surface area contributed by atoms with Crippen LogP contribution in [-0.4, -0.2) is 29.5 Å². The fraction of sp³-hybridized carbons (Fsp3) is 0.286. The zero-order valence-electron chi connectivity index (χ0n) is 16.2. The van der Waals surface area contributed by atoms with Crippen LogP contribution in [0, 0.1) is 0 Å². The number of fused-ring (bicyclic) bond motifs is 1. The Morgan fingerprint density at radius 1 is 1.07 bits per heavy atom.